The van der Waals surface area contributed by atoms with Gasteiger partial charge < -0.3 is 17.2 Å². The first kappa shape index (κ1) is 9.71. The number of nitrogens with two attached hydrogens (primary N) is 3. The first-order valence-electron chi connectivity index (χ1n) is 4.39. The molecular formula is C10H17N3. The second-order valence-electron chi connectivity index (χ2n) is 3.66. The van der Waals surface area contributed by atoms with Gasteiger partial charge in [0.05, 0.1) is 11.4 Å². The van der Waals surface area contributed by atoms with Crippen molar-refractivity contribution >= 4 is 17.1 Å². The van der Waals surface area contributed by atoms with Gasteiger partial charge in [-0.15, -0.1) is 0 Å². The molecule has 0 radical (unpaired) electrons. The second kappa shape index (κ2) is 3.17. The fraction of sp³-hybridized carbons (Fsp3) is 0.400. The normalized spacial score (nSPS) is 10.8. The molecule has 1 aromatic rings. The van der Waals surface area contributed by atoms with Crippen LogP contribution in [0, 0.1) is 6.92 Å². The van der Waals surface area contributed by atoms with Crippen LogP contribution in [0.2, 0.25) is 0 Å². The van der Waals surface area contributed by atoms with Crippen molar-refractivity contribution < 1.29 is 0 Å². The Morgan fingerprint density at radius 3 is 2.08 bits per heavy atom. The third-order valence-electron chi connectivity index (χ3n) is 2.37. The molecule has 0 saturated heterocycles. The van der Waals surface area contributed by atoms with Gasteiger partial charge in [-0.05, 0) is 30.0 Å². The van der Waals surface area contributed by atoms with Gasteiger partial charge in [-0.25, -0.2) is 0 Å². The second-order valence-corrected chi connectivity index (χ2v) is 3.66. The fourth-order valence-corrected chi connectivity index (χ4v) is 1.34. The van der Waals surface area contributed by atoms with Crippen LogP contribution >= 0.6 is 0 Å². The Morgan fingerprint density at radius 2 is 1.62 bits per heavy atom. The average molecular weight is 179 g/mol. The molecule has 0 fully saturated rings. The van der Waals surface area contributed by atoms with Crippen molar-refractivity contribution in [1.29, 1.82) is 0 Å². The lowest BCUT2D eigenvalue weighted by atomic mass is 9.97. The minimum Gasteiger partial charge on any atom is -0.398 e. The first-order valence-corrected chi connectivity index (χ1v) is 4.39. The Hall–Kier alpha value is -1.38. The van der Waals surface area contributed by atoms with Gasteiger partial charge in [-0.2, -0.15) is 0 Å². The van der Waals surface area contributed by atoms with E-state index in [1.807, 2.05) is 13.0 Å². The zero-order valence-corrected chi connectivity index (χ0v) is 8.39. The predicted octanol–water partition coefficient (Wildman–Crippen LogP) is 1.87. The highest BCUT2D eigenvalue weighted by atomic mass is 14.7. The summed E-state index contributed by atoms with van der Waals surface area (Å²) in [7, 11) is 0. The first-order chi connectivity index (χ1) is 5.95. The minimum atomic E-state index is 0.352. The van der Waals surface area contributed by atoms with Gasteiger partial charge in [0.1, 0.15) is 0 Å². The molecule has 1 aromatic carbocycles. The molecule has 6 N–H and O–H groups in total. The number of anilines is 3. The number of hydrogen-bond acceptors (Lipinski definition) is 3. The molecule has 0 heterocycles. The van der Waals surface area contributed by atoms with E-state index in [9.17, 15) is 0 Å². The average Bonchev–Trinajstić information content (AvgIpc) is 2.07. The van der Waals surface area contributed by atoms with Crippen molar-refractivity contribution in [2.24, 2.45) is 0 Å². The monoisotopic (exact) mass is 179 g/mol. The van der Waals surface area contributed by atoms with E-state index in [-0.39, 0.29) is 0 Å². The third kappa shape index (κ3) is 1.54. The van der Waals surface area contributed by atoms with Crippen LogP contribution in [0.5, 0.6) is 0 Å². The highest BCUT2D eigenvalue weighted by Crippen LogP contribution is 2.33. The van der Waals surface area contributed by atoms with Gasteiger partial charge in [0.15, 0.2) is 0 Å². The van der Waals surface area contributed by atoms with Crippen molar-refractivity contribution in [2.75, 3.05) is 17.2 Å². The Kier molecular flexibility index (Phi) is 2.36. The summed E-state index contributed by atoms with van der Waals surface area (Å²) in [5.41, 5.74) is 21.4. The molecule has 3 heteroatoms. The van der Waals surface area contributed by atoms with E-state index in [4.69, 9.17) is 17.2 Å². The largest absolute Gasteiger partial charge is 0.398 e. The number of benzene rings is 1. The molecule has 3 nitrogen and oxygen atoms in total. The van der Waals surface area contributed by atoms with Crippen molar-refractivity contribution in [2.45, 2.75) is 26.7 Å². The highest BCUT2D eigenvalue weighted by molar-refractivity contribution is 5.77. The van der Waals surface area contributed by atoms with E-state index in [0.717, 1.165) is 16.8 Å². The van der Waals surface area contributed by atoms with E-state index >= 15 is 0 Å². The maximum Gasteiger partial charge on any atom is 0.0601 e. The van der Waals surface area contributed by atoms with Gasteiger partial charge in [0.25, 0.3) is 0 Å². The van der Waals surface area contributed by atoms with Crippen LogP contribution in [0.1, 0.15) is 30.9 Å². The standard InChI is InChI=1S/C10H17N3/c1-5(2)7-4-8(11)6(3)9(12)10(7)13/h4-5H,11-13H2,1-3H3. The van der Waals surface area contributed by atoms with E-state index < -0.39 is 0 Å². The third-order valence-corrected chi connectivity index (χ3v) is 2.37. The Bertz CT molecular complexity index is 329. The Balaban J connectivity index is 3.41. The Morgan fingerprint density at radius 1 is 1.08 bits per heavy atom. The molecule has 0 aliphatic heterocycles. The van der Waals surface area contributed by atoms with Crippen LogP contribution in [-0.2, 0) is 0 Å². The number of rotatable bonds is 1. The van der Waals surface area contributed by atoms with Crippen LogP contribution in [0.25, 0.3) is 0 Å². The summed E-state index contributed by atoms with van der Waals surface area (Å²) in [6.45, 7) is 6.02. The quantitative estimate of drug-likeness (QED) is 0.576. The van der Waals surface area contributed by atoms with E-state index in [0.29, 0.717) is 17.3 Å². The molecule has 0 aliphatic carbocycles. The predicted molar refractivity (Wildman–Crippen MR) is 58.5 cm³/mol. The summed E-state index contributed by atoms with van der Waals surface area (Å²) in [5, 5.41) is 0. The maximum absolute atomic E-state index is 5.87. The lowest BCUT2D eigenvalue weighted by molar-refractivity contribution is 0.870. The highest BCUT2D eigenvalue weighted by Gasteiger charge is 2.11. The van der Waals surface area contributed by atoms with Crippen LogP contribution < -0.4 is 17.2 Å². The zero-order chi connectivity index (χ0) is 10.2. The van der Waals surface area contributed by atoms with E-state index in [1.165, 1.54) is 0 Å². The van der Waals surface area contributed by atoms with Gasteiger partial charge in [-0.1, -0.05) is 13.8 Å². The molecule has 1 rings (SSSR count). The summed E-state index contributed by atoms with van der Waals surface area (Å²) in [5.74, 6) is 0.352. The van der Waals surface area contributed by atoms with Crippen molar-refractivity contribution in [3.8, 4) is 0 Å². The summed E-state index contributed by atoms with van der Waals surface area (Å²) in [6, 6.07) is 1.91. The van der Waals surface area contributed by atoms with Crippen molar-refractivity contribution in [3.63, 3.8) is 0 Å². The molecule has 0 spiro atoms. The van der Waals surface area contributed by atoms with Crippen molar-refractivity contribution in [3.05, 3.63) is 17.2 Å². The molecule has 0 saturated carbocycles. The van der Waals surface area contributed by atoms with Gasteiger partial charge in [-0.3, -0.25) is 0 Å². The molecule has 0 bridgehead atoms. The summed E-state index contributed by atoms with van der Waals surface area (Å²) in [6.07, 6.45) is 0. The van der Waals surface area contributed by atoms with Gasteiger partial charge in [0, 0.05) is 5.69 Å². The zero-order valence-electron chi connectivity index (χ0n) is 8.39. The molecule has 72 valence electrons. The van der Waals surface area contributed by atoms with Crippen LogP contribution in [0.15, 0.2) is 6.07 Å². The van der Waals surface area contributed by atoms with Crippen LogP contribution in [-0.4, -0.2) is 0 Å². The molecular weight excluding hydrogens is 162 g/mol. The topological polar surface area (TPSA) is 78.1 Å². The fourth-order valence-electron chi connectivity index (χ4n) is 1.34. The van der Waals surface area contributed by atoms with E-state index in [2.05, 4.69) is 13.8 Å². The lowest BCUT2D eigenvalue weighted by Gasteiger charge is -2.15. The number of nitrogen functional groups attached to an aromatic ring is 3. The van der Waals surface area contributed by atoms with Crippen molar-refractivity contribution in [1.82, 2.24) is 0 Å². The molecule has 0 aliphatic rings. The summed E-state index contributed by atoms with van der Waals surface area (Å²) in [4.78, 5) is 0. The summed E-state index contributed by atoms with van der Waals surface area (Å²) < 4.78 is 0. The molecule has 0 unspecified atom stereocenters. The van der Waals surface area contributed by atoms with Crippen LogP contribution in [0.3, 0.4) is 0 Å². The maximum atomic E-state index is 5.87. The van der Waals surface area contributed by atoms with Gasteiger partial charge >= 0.3 is 0 Å². The molecule has 0 aromatic heterocycles. The van der Waals surface area contributed by atoms with Gasteiger partial charge in [0.2, 0.25) is 0 Å². The smallest absolute Gasteiger partial charge is 0.0601 e. The van der Waals surface area contributed by atoms with Crippen LogP contribution in [0.4, 0.5) is 17.1 Å². The SMILES string of the molecule is Cc1c(N)cc(C(C)C)c(N)c1N. The lowest BCUT2D eigenvalue weighted by Crippen LogP contribution is -2.06. The molecule has 0 amide bonds. The molecule has 13 heavy (non-hydrogen) atoms. The number of hydrogen-bond donors (Lipinski definition) is 3. The summed E-state index contributed by atoms with van der Waals surface area (Å²) >= 11 is 0. The molecule has 0 atom stereocenters. The Labute approximate surface area is 78.9 Å². The van der Waals surface area contributed by atoms with E-state index in [1.54, 1.807) is 0 Å². The minimum absolute atomic E-state index is 0.352.